The van der Waals surface area contributed by atoms with Crippen molar-refractivity contribution in [2.75, 3.05) is 0 Å². The van der Waals surface area contributed by atoms with Crippen molar-refractivity contribution in [2.24, 2.45) is 5.92 Å². The Morgan fingerprint density at radius 3 is 2.55 bits per heavy atom. The van der Waals surface area contributed by atoms with Crippen LogP contribution in [0.2, 0.25) is 0 Å². The first kappa shape index (κ1) is 8.85. The normalized spacial score (nSPS) is 32.3. The Bertz CT molecular complexity index is 158. The second-order valence-corrected chi connectivity index (χ2v) is 3.94. The molecular weight excluding hydrogens is 162 g/mol. The lowest BCUT2D eigenvalue weighted by Gasteiger charge is -2.34. The Labute approximate surface area is 72.3 Å². The van der Waals surface area contributed by atoms with Crippen LogP contribution < -0.4 is 5.32 Å². The van der Waals surface area contributed by atoms with Gasteiger partial charge >= 0.3 is 0 Å². The molecule has 1 aliphatic rings. The van der Waals surface area contributed by atoms with E-state index in [1.165, 1.54) is 6.42 Å². The van der Waals surface area contributed by atoms with Crippen LogP contribution in [0.1, 0.15) is 26.7 Å². The molecule has 2 nitrogen and oxygen atoms in total. The number of hydrogen-bond donors (Lipinski definition) is 1. The van der Waals surface area contributed by atoms with Gasteiger partial charge in [0, 0.05) is 6.04 Å². The number of nitrogens with one attached hydrogen (secondary N) is 1. The summed E-state index contributed by atoms with van der Waals surface area (Å²) >= 11 is 5.59. The summed E-state index contributed by atoms with van der Waals surface area (Å²) in [7, 11) is 0. The van der Waals surface area contributed by atoms with Crippen molar-refractivity contribution < 1.29 is 4.79 Å². The van der Waals surface area contributed by atoms with Gasteiger partial charge in [-0.05, 0) is 25.7 Å². The molecule has 0 spiro atoms. The van der Waals surface area contributed by atoms with Gasteiger partial charge in [-0.1, -0.05) is 6.92 Å². The van der Waals surface area contributed by atoms with Crippen LogP contribution in [0.25, 0.3) is 0 Å². The van der Waals surface area contributed by atoms with E-state index in [4.69, 9.17) is 11.6 Å². The largest absolute Gasteiger partial charge is 0.352 e. The van der Waals surface area contributed by atoms with Gasteiger partial charge in [0.15, 0.2) is 0 Å². The first-order chi connectivity index (χ1) is 5.11. The summed E-state index contributed by atoms with van der Waals surface area (Å²) in [5, 5.41) is 2.49. The molecule has 64 valence electrons. The van der Waals surface area contributed by atoms with Crippen molar-refractivity contribution in [3.8, 4) is 0 Å². The Morgan fingerprint density at radius 1 is 1.64 bits per heavy atom. The Kier molecular flexibility index (Phi) is 2.77. The maximum atomic E-state index is 11.0. The minimum Gasteiger partial charge on any atom is -0.352 e. The zero-order chi connectivity index (χ0) is 8.43. The highest BCUT2D eigenvalue weighted by Crippen LogP contribution is 2.26. The van der Waals surface area contributed by atoms with Crippen LogP contribution in [-0.2, 0) is 4.79 Å². The van der Waals surface area contributed by atoms with Gasteiger partial charge in [-0.25, -0.2) is 0 Å². The van der Waals surface area contributed by atoms with Gasteiger partial charge in [-0.2, -0.15) is 0 Å². The molecular formula is C8H14ClNO. The summed E-state index contributed by atoms with van der Waals surface area (Å²) in [6.45, 7) is 3.84. The molecule has 1 saturated carbocycles. The molecule has 1 rings (SSSR count). The van der Waals surface area contributed by atoms with Crippen LogP contribution in [0.4, 0.5) is 0 Å². The van der Waals surface area contributed by atoms with E-state index in [0.717, 1.165) is 6.42 Å². The first-order valence-corrected chi connectivity index (χ1v) is 4.49. The van der Waals surface area contributed by atoms with Gasteiger partial charge in [-0.15, -0.1) is 11.6 Å². The van der Waals surface area contributed by atoms with Crippen LogP contribution >= 0.6 is 11.6 Å². The zero-order valence-corrected chi connectivity index (χ0v) is 7.69. The summed E-state index contributed by atoms with van der Waals surface area (Å²) in [5.41, 5.74) is 0. The molecule has 1 N–H and O–H groups in total. The highest BCUT2D eigenvalue weighted by molar-refractivity contribution is 6.30. The third-order valence-corrected chi connectivity index (χ3v) is 2.51. The molecule has 1 fully saturated rings. The average Bonchev–Trinajstić information content (AvgIpc) is 1.96. The van der Waals surface area contributed by atoms with Crippen molar-refractivity contribution in [3.05, 3.63) is 0 Å². The van der Waals surface area contributed by atoms with Crippen LogP contribution in [0.15, 0.2) is 0 Å². The molecule has 3 heteroatoms. The van der Waals surface area contributed by atoms with E-state index >= 15 is 0 Å². The molecule has 0 aromatic rings. The molecule has 0 aliphatic heterocycles. The summed E-state index contributed by atoms with van der Waals surface area (Å²) in [4.78, 5) is 11.0. The van der Waals surface area contributed by atoms with Gasteiger partial charge < -0.3 is 5.32 Å². The van der Waals surface area contributed by atoms with Crippen molar-refractivity contribution in [3.63, 3.8) is 0 Å². The smallest absolute Gasteiger partial charge is 0.237 e. The summed E-state index contributed by atoms with van der Waals surface area (Å²) < 4.78 is 0. The molecule has 0 bridgehead atoms. The molecule has 0 saturated heterocycles. The summed E-state index contributed by atoms with van der Waals surface area (Å²) in [6, 6.07) is 0.378. The van der Waals surface area contributed by atoms with Crippen molar-refractivity contribution in [2.45, 2.75) is 38.1 Å². The maximum absolute atomic E-state index is 11.0. The topological polar surface area (TPSA) is 29.1 Å². The number of rotatable bonds is 2. The SMILES string of the molecule is CC(Cl)C(=O)NC1CCC1C. The number of hydrogen-bond acceptors (Lipinski definition) is 1. The lowest BCUT2D eigenvalue weighted by atomic mass is 9.81. The molecule has 0 heterocycles. The molecule has 0 aromatic heterocycles. The highest BCUT2D eigenvalue weighted by atomic mass is 35.5. The minimum atomic E-state index is -0.400. The zero-order valence-electron chi connectivity index (χ0n) is 6.93. The van der Waals surface area contributed by atoms with Gasteiger partial charge in [-0.3, -0.25) is 4.79 Å². The van der Waals surface area contributed by atoms with E-state index in [1.807, 2.05) is 0 Å². The third-order valence-electron chi connectivity index (χ3n) is 2.31. The molecule has 0 radical (unpaired) electrons. The third kappa shape index (κ3) is 2.09. The highest BCUT2D eigenvalue weighted by Gasteiger charge is 2.28. The molecule has 11 heavy (non-hydrogen) atoms. The molecule has 1 aliphatic carbocycles. The van der Waals surface area contributed by atoms with Crippen LogP contribution in [0.3, 0.4) is 0 Å². The van der Waals surface area contributed by atoms with Crippen molar-refractivity contribution >= 4 is 17.5 Å². The van der Waals surface area contributed by atoms with Gasteiger partial charge in [0.05, 0.1) is 0 Å². The summed E-state index contributed by atoms with van der Waals surface area (Å²) in [5.74, 6) is 0.595. The number of amides is 1. The molecule has 3 unspecified atom stereocenters. The Hall–Kier alpha value is -0.240. The second-order valence-electron chi connectivity index (χ2n) is 3.29. The van der Waals surface area contributed by atoms with Crippen LogP contribution in [-0.4, -0.2) is 17.3 Å². The van der Waals surface area contributed by atoms with Gasteiger partial charge in [0.25, 0.3) is 0 Å². The molecule has 0 aromatic carbocycles. The van der Waals surface area contributed by atoms with E-state index in [1.54, 1.807) is 6.92 Å². The fraction of sp³-hybridized carbons (Fsp3) is 0.875. The Morgan fingerprint density at radius 2 is 2.27 bits per heavy atom. The first-order valence-electron chi connectivity index (χ1n) is 4.05. The van der Waals surface area contributed by atoms with E-state index in [9.17, 15) is 4.79 Å². The van der Waals surface area contributed by atoms with E-state index in [0.29, 0.717) is 12.0 Å². The lowest BCUT2D eigenvalue weighted by Crippen LogP contribution is -2.47. The number of alkyl halides is 1. The monoisotopic (exact) mass is 175 g/mol. The predicted octanol–water partition coefficient (Wildman–Crippen LogP) is 1.53. The van der Waals surface area contributed by atoms with Crippen molar-refractivity contribution in [1.29, 1.82) is 0 Å². The van der Waals surface area contributed by atoms with Crippen LogP contribution in [0, 0.1) is 5.92 Å². The minimum absolute atomic E-state index is 0.0387. The standard InChI is InChI=1S/C8H14ClNO/c1-5-3-4-7(5)10-8(11)6(2)9/h5-7H,3-4H2,1-2H3,(H,10,11). The molecule has 3 atom stereocenters. The van der Waals surface area contributed by atoms with E-state index in [2.05, 4.69) is 12.2 Å². The maximum Gasteiger partial charge on any atom is 0.237 e. The lowest BCUT2D eigenvalue weighted by molar-refractivity contribution is -0.122. The quantitative estimate of drug-likeness (QED) is 0.634. The number of carbonyl (C=O) groups excluding carboxylic acids is 1. The van der Waals surface area contributed by atoms with Gasteiger partial charge in [0.2, 0.25) is 5.91 Å². The predicted molar refractivity (Wildman–Crippen MR) is 45.6 cm³/mol. The number of halogens is 1. The fourth-order valence-corrected chi connectivity index (χ4v) is 1.24. The van der Waals surface area contributed by atoms with Crippen molar-refractivity contribution in [1.82, 2.24) is 5.32 Å². The Balaban J connectivity index is 2.25. The summed E-state index contributed by atoms with van der Waals surface area (Å²) in [6.07, 6.45) is 2.33. The average molecular weight is 176 g/mol. The van der Waals surface area contributed by atoms with E-state index < -0.39 is 5.38 Å². The second kappa shape index (κ2) is 3.44. The van der Waals surface area contributed by atoms with Crippen LogP contribution in [0.5, 0.6) is 0 Å². The fourth-order valence-electron chi connectivity index (χ4n) is 1.18. The van der Waals surface area contributed by atoms with E-state index in [-0.39, 0.29) is 5.91 Å². The molecule has 1 amide bonds. The number of carbonyl (C=O) groups is 1. The van der Waals surface area contributed by atoms with Gasteiger partial charge in [0.1, 0.15) is 5.38 Å².